The van der Waals surface area contributed by atoms with Crippen molar-refractivity contribution in [1.29, 1.82) is 0 Å². The molecule has 138 valence electrons. The molecule has 0 fully saturated rings. The van der Waals surface area contributed by atoms with Crippen molar-refractivity contribution in [2.24, 2.45) is 5.10 Å². The largest absolute Gasteiger partial charge is 0.493 e. The highest BCUT2D eigenvalue weighted by molar-refractivity contribution is 5.97. The van der Waals surface area contributed by atoms with E-state index in [1.165, 1.54) is 34.7 Å². The lowest BCUT2D eigenvalue weighted by Gasteiger charge is -2.12. The van der Waals surface area contributed by atoms with Crippen molar-refractivity contribution in [2.45, 2.75) is 6.42 Å². The van der Waals surface area contributed by atoms with Crippen molar-refractivity contribution in [3.05, 3.63) is 17.7 Å². The van der Waals surface area contributed by atoms with E-state index < -0.39 is 11.8 Å². The number of hydrogen-bond acceptors (Lipinski definition) is 7. The smallest absolute Gasteiger partial charge is 0.249 e. The summed E-state index contributed by atoms with van der Waals surface area (Å²) in [7, 11) is 6.03. The second-order valence-electron chi connectivity index (χ2n) is 4.77. The molecule has 0 unspecified atom stereocenters. The molecule has 1 rings (SSSR count). The predicted octanol–water partition coefficient (Wildman–Crippen LogP) is 0.315. The third kappa shape index (κ3) is 6.68. The van der Waals surface area contributed by atoms with Crippen LogP contribution < -0.4 is 25.0 Å². The summed E-state index contributed by atoms with van der Waals surface area (Å²) in [4.78, 5) is 23.1. The summed E-state index contributed by atoms with van der Waals surface area (Å²) >= 11 is 0. The van der Waals surface area contributed by atoms with Crippen LogP contribution in [0.1, 0.15) is 12.0 Å². The Kier molecular flexibility index (Phi) is 8.80. The van der Waals surface area contributed by atoms with Gasteiger partial charge in [0.1, 0.15) is 6.42 Å². The summed E-state index contributed by atoms with van der Waals surface area (Å²) < 4.78 is 20.5. The first-order valence-corrected chi connectivity index (χ1v) is 7.43. The van der Waals surface area contributed by atoms with Crippen molar-refractivity contribution in [1.82, 2.24) is 10.7 Å². The Morgan fingerprint density at radius 3 is 2.20 bits per heavy atom. The summed E-state index contributed by atoms with van der Waals surface area (Å²) in [6.07, 6.45) is 1.08. The monoisotopic (exact) mass is 353 g/mol. The zero-order chi connectivity index (χ0) is 18.7. The van der Waals surface area contributed by atoms with E-state index in [0.717, 1.165) is 0 Å². The molecule has 0 aliphatic carbocycles. The van der Waals surface area contributed by atoms with Gasteiger partial charge in [-0.05, 0) is 12.1 Å². The molecule has 0 saturated carbocycles. The van der Waals surface area contributed by atoms with E-state index in [1.807, 2.05) is 0 Å². The Labute approximate surface area is 146 Å². The summed E-state index contributed by atoms with van der Waals surface area (Å²) in [6, 6.07) is 3.35. The Balaban J connectivity index is 2.63. The fourth-order valence-electron chi connectivity index (χ4n) is 1.90. The molecular formula is C16H23N3O6. The average molecular weight is 353 g/mol. The maximum absolute atomic E-state index is 11.6. The highest BCUT2D eigenvalue weighted by Crippen LogP contribution is 2.37. The zero-order valence-corrected chi connectivity index (χ0v) is 14.8. The quantitative estimate of drug-likeness (QED) is 0.271. The molecule has 2 N–H and O–H groups in total. The van der Waals surface area contributed by atoms with Gasteiger partial charge in [-0.3, -0.25) is 9.59 Å². The number of ether oxygens (including phenoxy) is 4. The standard InChI is InChI=1S/C16H23N3O6/c1-22-6-5-17-14(20)9-15(21)19-18-10-11-7-12(23-2)16(25-4)13(8-11)24-3/h7-8,10H,5-6,9H2,1-4H3,(H,17,20)(H,19,21). The number of benzene rings is 1. The van der Waals surface area contributed by atoms with Crippen LogP contribution in [0.25, 0.3) is 0 Å². The van der Waals surface area contributed by atoms with Crippen LogP contribution >= 0.6 is 0 Å². The van der Waals surface area contributed by atoms with Crippen LogP contribution in [-0.2, 0) is 14.3 Å². The summed E-state index contributed by atoms with van der Waals surface area (Å²) in [5.41, 5.74) is 2.91. The van der Waals surface area contributed by atoms with Gasteiger partial charge < -0.3 is 24.3 Å². The highest BCUT2D eigenvalue weighted by atomic mass is 16.5. The van der Waals surface area contributed by atoms with E-state index >= 15 is 0 Å². The van der Waals surface area contributed by atoms with Crippen molar-refractivity contribution >= 4 is 18.0 Å². The van der Waals surface area contributed by atoms with Crippen LogP contribution in [0.4, 0.5) is 0 Å². The van der Waals surface area contributed by atoms with E-state index in [0.29, 0.717) is 36.0 Å². The molecule has 0 heterocycles. The fourth-order valence-corrected chi connectivity index (χ4v) is 1.90. The van der Waals surface area contributed by atoms with Crippen molar-refractivity contribution < 1.29 is 28.5 Å². The number of nitrogens with one attached hydrogen (secondary N) is 2. The first-order valence-electron chi connectivity index (χ1n) is 7.43. The van der Waals surface area contributed by atoms with Gasteiger partial charge in [-0.25, -0.2) is 5.43 Å². The van der Waals surface area contributed by atoms with Gasteiger partial charge >= 0.3 is 0 Å². The van der Waals surface area contributed by atoms with Crippen LogP contribution in [0.2, 0.25) is 0 Å². The second-order valence-corrected chi connectivity index (χ2v) is 4.77. The molecule has 0 aliphatic heterocycles. The second kappa shape index (κ2) is 10.9. The van der Waals surface area contributed by atoms with Gasteiger partial charge in [-0.1, -0.05) is 0 Å². The summed E-state index contributed by atoms with van der Waals surface area (Å²) in [6.45, 7) is 0.726. The number of hydrazone groups is 1. The molecule has 2 amide bonds. The van der Waals surface area contributed by atoms with Crippen molar-refractivity contribution in [3.8, 4) is 17.2 Å². The van der Waals surface area contributed by atoms with Gasteiger partial charge in [0, 0.05) is 19.2 Å². The molecule has 0 saturated heterocycles. The molecule has 9 nitrogen and oxygen atoms in total. The molecule has 0 bridgehead atoms. The molecule has 0 aliphatic rings. The Morgan fingerprint density at radius 2 is 1.68 bits per heavy atom. The molecule has 25 heavy (non-hydrogen) atoms. The lowest BCUT2D eigenvalue weighted by molar-refractivity contribution is -0.129. The number of carbonyl (C=O) groups is 2. The molecule has 0 aromatic heterocycles. The highest BCUT2D eigenvalue weighted by Gasteiger charge is 2.12. The third-order valence-corrected chi connectivity index (χ3v) is 3.04. The molecular weight excluding hydrogens is 330 g/mol. The number of methoxy groups -OCH3 is 4. The molecule has 9 heteroatoms. The first-order chi connectivity index (χ1) is 12.0. The Bertz CT molecular complexity index is 593. The Morgan fingerprint density at radius 1 is 1.04 bits per heavy atom. The van der Waals surface area contributed by atoms with Crippen molar-refractivity contribution in [2.75, 3.05) is 41.6 Å². The van der Waals surface area contributed by atoms with E-state index in [4.69, 9.17) is 18.9 Å². The van der Waals surface area contributed by atoms with E-state index in [-0.39, 0.29) is 6.42 Å². The van der Waals surface area contributed by atoms with E-state index in [2.05, 4.69) is 15.8 Å². The van der Waals surface area contributed by atoms with Gasteiger partial charge in [0.15, 0.2) is 11.5 Å². The minimum Gasteiger partial charge on any atom is -0.493 e. The normalized spacial score (nSPS) is 10.4. The minimum absolute atomic E-state index is 0.323. The summed E-state index contributed by atoms with van der Waals surface area (Å²) in [5, 5.41) is 6.36. The first kappa shape index (κ1) is 20.2. The molecule has 1 aromatic rings. The molecule has 0 radical (unpaired) electrons. The van der Waals surface area contributed by atoms with E-state index in [9.17, 15) is 9.59 Å². The fraction of sp³-hybridized carbons (Fsp3) is 0.438. The molecule has 0 spiro atoms. The van der Waals surface area contributed by atoms with Gasteiger partial charge in [-0.2, -0.15) is 5.10 Å². The van der Waals surface area contributed by atoms with Crippen LogP contribution in [0.5, 0.6) is 17.2 Å². The van der Waals surface area contributed by atoms with E-state index in [1.54, 1.807) is 12.1 Å². The maximum Gasteiger partial charge on any atom is 0.249 e. The number of amides is 2. The SMILES string of the molecule is COCCNC(=O)CC(=O)NN=Cc1cc(OC)c(OC)c(OC)c1. The van der Waals surface area contributed by atoms with Gasteiger partial charge in [0.05, 0.1) is 34.2 Å². The van der Waals surface area contributed by atoms with Gasteiger partial charge in [0.2, 0.25) is 17.6 Å². The van der Waals surface area contributed by atoms with Crippen LogP contribution in [-0.4, -0.2) is 59.6 Å². The lowest BCUT2D eigenvalue weighted by Crippen LogP contribution is -2.31. The van der Waals surface area contributed by atoms with Crippen LogP contribution in [0.3, 0.4) is 0 Å². The average Bonchev–Trinajstić information content (AvgIpc) is 2.60. The predicted molar refractivity (Wildman–Crippen MR) is 91.3 cm³/mol. The van der Waals surface area contributed by atoms with Crippen LogP contribution in [0, 0.1) is 0 Å². The molecule has 0 atom stereocenters. The zero-order valence-electron chi connectivity index (χ0n) is 14.8. The topological polar surface area (TPSA) is 107 Å². The minimum atomic E-state index is -0.529. The Hall–Kier alpha value is -2.81. The third-order valence-electron chi connectivity index (χ3n) is 3.04. The number of nitrogens with zero attached hydrogens (tertiary/aromatic N) is 1. The van der Waals surface area contributed by atoms with Gasteiger partial charge in [0.25, 0.3) is 0 Å². The lowest BCUT2D eigenvalue weighted by atomic mass is 10.2. The summed E-state index contributed by atoms with van der Waals surface area (Å²) in [5.74, 6) is 0.453. The number of carbonyl (C=O) groups excluding carboxylic acids is 2. The number of hydrogen-bond donors (Lipinski definition) is 2. The van der Waals surface area contributed by atoms with Crippen molar-refractivity contribution in [3.63, 3.8) is 0 Å². The van der Waals surface area contributed by atoms with Gasteiger partial charge in [-0.15, -0.1) is 0 Å². The van der Waals surface area contributed by atoms with Crippen LogP contribution in [0.15, 0.2) is 17.2 Å². The molecule has 1 aromatic carbocycles. The maximum atomic E-state index is 11.6. The number of rotatable bonds is 10.